The number of benzene rings is 1. The topological polar surface area (TPSA) is 136 Å². The van der Waals surface area contributed by atoms with Crippen LogP contribution in [-0.4, -0.2) is 35.3 Å². The zero-order valence-electron chi connectivity index (χ0n) is 19.6. The van der Waals surface area contributed by atoms with E-state index in [1.807, 2.05) is 4.72 Å². The van der Waals surface area contributed by atoms with Gasteiger partial charge in [0.05, 0.1) is 35.1 Å². The van der Waals surface area contributed by atoms with Crippen LogP contribution in [0.1, 0.15) is 34.6 Å². The van der Waals surface area contributed by atoms with Crippen LogP contribution in [0.2, 0.25) is 5.15 Å². The molecule has 188 valence electrons. The molecule has 4 aromatic rings. The predicted octanol–water partition coefficient (Wildman–Crippen LogP) is 3.55. The fraction of sp³-hybridized carbons (Fsp3) is 0.217. The number of aromatic nitrogens is 3. The standard InChI is InChI=1S/C23H21ClFN5O5S/c1-11-20(31)16-8-14(25)7-15(22(16)35-21(11)13-9-26-30(3)10-13)12(2)27-17-5-6-18(24)28-19(17)23(32)29-36(4,33)34/h5-10,12,27H,1-4H3,(H,29,32). The highest BCUT2D eigenvalue weighted by Gasteiger charge is 2.23. The summed E-state index contributed by atoms with van der Waals surface area (Å²) in [5, 5.41) is 7.14. The number of hydrogen-bond acceptors (Lipinski definition) is 8. The lowest BCUT2D eigenvalue weighted by molar-refractivity contribution is 0.0977. The van der Waals surface area contributed by atoms with E-state index in [1.54, 1.807) is 38.0 Å². The molecule has 2 N–H and O–H groups in total. The first kappa shape index (κ1) is 25.3. The zero-order valence-corrected chi connectivity index (χ0v) is 21.2. The van der Waals surface area contributed by atoms with E-state index in [1.165, 1.54) is 18.2 Å². The maximum Gasteiger partial charge on any atom is 0.285 e. The summed E-state index contributed by atoms with van der Waals surface area (Å²) < 4.78 is 47.2. The van der Waals surface area contributed by atoms with E-state index in [0.29, 0.717) is 16.9 Å². The molecule has 0 saturated carbocycles. The Morgan fingerprint density at radius 3 is 2.64 bits per heavy atom. The third-order valence-corrected chi connectivity index (χ3v) is 6.14. The fourth-order valence-electron chi connectivity index (χ4n) is 3.77. The van der Waals surface area contributed by atoms with Gasteiger partial charge in [-0.05, 0) is 38.1 Å². The van der Waals surface area contributed by atoms with Gasteiger partial charge in [-0.15, -0.1) is 0 Å². The third kappa shape index (κ3) is 5.09. The van der Waals surface area contributed by atoms with Crippen LogP contribution < -0.4 is 15.5 Å². The van der Waals surface area contributed by atoms with Gasteiger partial charge in [-0.3, -0.25) is 14.3 Å². The molecule has 0 saturated heterocycles. The minimum absolute atomic E-state index is 0.0364. The van der Waals surface area contributed by atoms with Crippen molar-refractivity contribution in [1.82, 2.24) is 19.5 Å². The molecule has 3 aromatic heterocycles. The smallest absolute Gasteiger partial charge is 0.285 e. The Morgan fingerprint density at radius 2 is 2.00 bits per heavy atom. The molecule has 1 atom stereocenters. The average molecular weight is 534 g/mol. The van der Waals surface area contributed by atoms with Crippen molar-refractivity contribution < 1.29 is 22.0 Å². The molecule has 0 radical (unpaired) electrons. The molecule has 0 aliphatic carbocycles. The lowest BCUT2D eigenvalue weighted by Crippen LogP contribution is -2.31. The van der Waals surface area contributed by atoms with E-state index in [0.717, 1.165) is 12.3 Å². The molecular weight excluding hydrogens is 513 g/mol. The molecule has 0 spiro atoms. The number of nitrogens with zero attached hydrogens (tertiary/aromatic N) is 3. The highest BCUT2D eigenvalue weighted by molar-refractivity contribution is 7.89. The summed E-state index contributed by atoms with van der Waals surface area (Å²) in [5.74, 6) is -1.36. The van der Waals surface area contributed by atoms with Crippen LogP contribution in [0.25, 0.3) is 22.3 Å². The number of anilines is 1. The van der Waals surface area contributed by atoms with Crippen LogP contribution in [-0.2, 0) is 17.1 Å². The van der Waals surface area contributed by atoms with Crippen molar-refractivity contribution in [3.05, 3.63) is 74.7 Å². The number of amides is 1. The Kier molecular flexibility index (Phi) is 6.58. The molecule has 13 heteroatoms. The minimum atomic E-state index is -3.87. The van der Waals surface area contributed by atoms with Gasteiger partial charge >= 0.3 is 0 Å². The summed E-state index contributed by atoms with van der Waals surface area (Å²) in [7, 11) is -2.15. The predicted molar refractivity (Wildman–Crippen MR) is 133 cm³/mol. The quantitative estimate of drug-likeness (QED) is 0.359. The van der Waals surface area contributed by atoms with Gasteiger partial charge in [0.1, 0.15) is 22.3 Å². The molecule has 10 nitrogen and oxygen atoms in total. The van der Waals surface area contributed by atoms with E-state index < -0.39 is 33.2 Å². The van der Waals surface area contributed by atoms with E-state index in [9.17, 15) is 22.4 Å². The maximum absolute atomic E-state index is 14.6. The van der Waals surface area contributed by atoms with Crippen molar-refractivity contribution in [3.8, 4) is 11.3 Å². The van der Waals surface area contributed by atoms with E-state index in [-0.39, 0.29) is 33.1 Å². The molecule has 1 aromatic carbocycles. The molecule has 36 heavy (non-hydrogen) atoms. The van der Waals surface area contributed by atoms with Crippen molar-refractivity contribution in [2.24, 2.45) is 7.05 Å². The molecule has 0 fully saturated rings. The molecule has 3 heterocycles. The summed E-state index contributed by atoms with van der Waals surface area (Å²) in [6, 6.07) is 4.44. The van der Waals surface area contributed by atoms with Gasteiger partial charge in [0, 0.05) is 24.4 Å². The first-order chi connectivity index (χ1) is 16.8. The van der Waals surface area contributed by atoms with E-state index in [4.69, 9.17) is 16.0 Å². The zero-order chi connectivity index (χ0) is 26.4. The first-order valence-corrected chi connectivity index (χ1v) is 12.8. The molecule has 0 bridgehead atoms. The van der Waals surface area contributed by atoms with Crippen LogP contribution in [0.5, 0.6) is 0 Å². The van der Waals surface area contributed by atoms with Crippen LogP contribution in [0.3, 0.4) is 0 Å². The average Bonchev–Trinajstić information content (AvgIpc) is 3.22. The first-order valence-electron chi connectivity index (χ1n) is 10.5. The minimum Gasteiger partial charge on any atom is -0.455 e. The number of nitrogens with one attached hydrogen (secondary N) is 2. The number of sulfonamides is 1. The summed E-state index contributed by atoms with van der Waals surface area (Å²) in [4.78, 5) is 29.6. The number of pyridine rings is 1. The van der Waals surface area contributed by atoms with Gasteiger partial charge in [-0.2, -0.15) is 5.10 Å². The molecule has 0 aliphatic rings. The Morgan fingerprint density at radius 1 is 1.28 bits per heavy atom. The van der Waals surface area contributed by atoms with Crippen LogP contribution in [0.4, 0.5) is 10.1 Å². The van der Waals surface area contributed by atoms with Crippen LogP contribution >= 0.6 is 11.6 Å². The van der Waals surface area contributed by atoms with Crippen LogP contribution in [0, 0.1) is 12.7 Å². The monoisotopic (exact) mass is 533 g/mol. The molecule has 0 aliphatic heterocycles. The van der Waals surface area contributed by atoms with Crippen molar-refractivity contribution >= 4 is 44.2 Å². The van der Waals surface area contributed by atoms with Gasteiger partial charge in [0.25, 0.3) is 5.91 Å². The van der Waals surface area contributed by atoms with Gasteiger partial charge < -0.3 is 9.73 Å². The van der Waals surface area contributed by atoms with E-state index >= 15 is 0 Å². The Balaban J connectivity index is 1.83. The Hall–Kier alpha value is -3.77. The number of carbonyl (C=O) groups is 1. The van der Waals surface area contributed by atoms with Gasteiger partial charge in [0.15, 0.2) is 11.1 Å². The SMILES string of the molecule is Cc1c(-c2cnn(C)c2)oc2c(C(C)Nc3ccc(Cl)nc3C(=O)NS(C)(=O)=O)cc(F)cc2c1=O. The van der Waals surface area contributed by atoms with E-state index in [2.05, 4.69) is 15.4 Å². The lowest BCUT2D eigenvalue weighted by Gasteiger charge is -2.19. The number of carbonyl (C=O) groups excluding carboxylic acids is 1. The van der Waals surface area contributed by atoms with Gasteiger partial charge in [-0.25, -0.2) is 22.5 Å². The fourth-order valence-corrected chi connectivity index (χ4v) is 4.35. The van der Waals surface area contributed by atoms with Gasteiger partial charge in [0.2, 0.25) is 10.0 Å². The highest BCUT2D eigenvalue weighted by atomic mass is 35.5. The molecular formula is C23H21ClFN5O5S. The Bertz CT molecular complexity index is 1680. The molecule has 4 rings (SSSR count). The highest BCUT2D eigenvalue weighted by Crippen LogP contribution is 2.32. The number of hydrogen-bond donors (Lipinski definition) is 2. The summed E-state index contributed by atoms with van der Waals surface area (Å²) >= 11 is 5.92. The second-order valence-corrected chi connectivity index (χ2v) is 10.4. The summed E-state index contributed by atoms with van der Waals surface area (Å²) in [5.41, 5.74) is 0.762. The lowest BCUT2D eigenvalue weighted by atomic mass is 10.0. The number of rotatable bonds is 6. The maximum atomic E-state index is 14.6. The second-order valence-electron chi connectivity index (χ2n) is 8.26. The Labute approximate surface area is 210 Å². The van der Waals surface area contributed by atoms with Crippen molar-refractivity contribution in [3.63, 3.8) is 0 Å². The number of halogens is 2. The number of aryl methyl sites for hydroxylation is 1. The third-order valence-electron chi connectivity index (χ3n) is 5.37. The normalized spacial score (nSPS) is 12.5. The molecule has 1 amide bonds. The van der Waals surface area contributed by atoms with Crippen molar-refractivity contribution in [1.29, 1.82) is 0 Å². The summed E-state index contributed by atoms with van der Waals surface area (Å²) in [6.45, 7) is 3.25. The number of fused-ring (bicyclic) bond motifs is 1. The van der Waals surface area contributed by atoms with Crippen molar-refractivity contribution in [2.75, 3.05) is 11.6 Å². The van der Waals surface area contributed by atoms with Gasteiger partial charge in [-0.1, -0.05) is 11.6 Å². The largest absolute Gasteiger partial charge is 0.455 e. The van der Waals surface area contributed by atoms with Crippen LogP contribution in [0.15, 0.2) is 45.9 Å². The second kappa shape index (κ2) is 9.36. The van der Waals surface area contributed by atoms with Crippen molar-refractivity contribution in [2.45, 2.75) is 19.9 Å². The molecule has 1 unspecified atom stereocenters. The summed E-state index contributed by atoms with van der Waals surface area (Å²) in [6.07, 6.45) is 4.07.